The van der Waals surface area contributed by atoms with Crippen molar-refractivity contribution < 1.29 is 72.5 Å². The van der Waals surface area contributed by atoms with Crippen molar-refractivity contribution in [2.24, 2.45) is 16.7 Å². The third-order valence-corrected chi connectivity index (χ3v) is 14.3. The Morgan fingerprint density at radius 3 is 2.20 bits per heavy atom. The highest BCUT2D eigenvalue weighted by atomic mass is 16.6. The number of ketones is 1. The van der Waals surface area contributed by atoms with E-state index >= 15 is 4.79 Å². The van der Waals surface area contributed by atoms with E-state index in [1.165, 1.54) is 38.1 Å². The molecule has 0 aromatic heterocycles. The molecule has 1 amide bonds. The summed E-state index contributed by atoms with van der Waals surface area (Å²) in [4.78, 5) is 85.5. The molecule has 11 atom stereocenters. The van der Waals surface area contributed by atoms with Crippen LogP contribution in [0.25, 0.3) is 0 Å². The first-order valence-electron chi connectivity index (χ1n) is 21.9. The topological polar surface area (TPSA) is 231 Å². The molecule has 0 radical (unpaired) electrons. The molecule has 348 valence electrons. The van der Waals surface area contributed by atoms with Crippen molar-refractivity contribution in [3.8, 4) is 5.75 Å². The Morgan fingerprint density at radius 1 is 0.864 bits per heavy atom. The normalized spacial score (nSPS) is 33.9. The fourth-order valence-corrected chi connectivity index (χ4v) is 10.7. The first kappa shape index (κ1) is 46.3. The average molecular weight is 908 g/mol. The molecular formula is C50H53NO15. The van der Waals surface area contributed by atoms with E-state index < -0.39 is 113 Å². The van der Waals surface area contributed by atoms with Crippen molar-refractivity contribution in [2.75, 3.05) is 13.2 Å². The number of ether oxygens (including phenoxy) is 6. The molecule has 11 unspecified atom stereocenters. The number of hydrogen-bond donors (Lipinski definition) is 4. The van der Waals surface area contributed by atoms with E-state index in [4.69, 9.17) is 28.4 Å². The zero-order valence-electron chi connectivity index (χ0n) is 37.1. The van der Waals surface area contributed by atoms with E-state index in [9.17, 15) is 39.3 Å². The van der Waals surface area contributed by atoms with E-state index in [0.717, 1.165) is 6.92 Å². The first-order chi connectivity index (χ1) is 31.3. The first-order valence-corrected chi connectivity index (χ1v) is 21.9. The van der Waals surface area contributed by atoms with Gasteiger partial charge in [0.25, 0.3) is 5.91 Å². The van der Waals surface area contributed by atoms with Crippen molar-refractivity contribution in [2.45, 2.75) is 108 Å². The summed E-state index contributed by atoms with van der Waals surface area (Å²) < 4.78 is 36.8. The van der Waals surface area contributed by atoms with Gasteiger partial charge >= 0.3 is 23.9 Å². The maximum atomic E-state index is 15.7. The van der Waals surface area contributed by atoms with Crippen LogP contribution in [0.2, 0.25) is 0 Å². The third-order valence-electron chi connectivity index (χ3n) is 14.3. The maximum Gasteiger partial charge on any atom is 0.338 e. The number of nitrogens with one attached hydrogen (secondary N) is 1. The van der Waals surface area contributed by atoms with Crippen LogP contribution in [0.15, 0.2) is 108 Å². The highest BCUT2D eigenvalue weighted by molar-refractivity contribution is 5.96. The van der Waals surface area contributed by atoms with E-state index in [1.54, 1.807) is 86.7 Å². The average Bonchev–Trinajstić information content (AvgIpc) is 3.29. The molecule has 2 heterocycles. The van der Waals surface area contributed by atoms with Crippen LogP contribution in [-0.2, 0) is 42.9 Å². The lowest BCUT2D eigenvalue weighted by Crippen LogP contribution is -2.82. The summed E-state index contributed by atoms with van der Waals surface area (Å²) in [6.45, 7) is 6.75. The van der Waals surface area contributed by atoms with E-state index in [0.29, 0.717) is 5.75 Å². The SMILES string of the molecule is CC(=O)OC1C(=O)C2(C)C(O)CC3OCC34OC(=O)CC=CCOc3cccc(c3)C(NC(=O)c3ccccc3)C(O)C(=O)OC3CC(O)(C(OC(=O)c5ccccc5)C42)C(C)(C)C1=C3C. The molecule has 1 saturated heterocycles. The molecule has 16 nitrogen and oxygen atoms in total. The second-order valence-corrected chi connectivity index (χ2v) is 18.4. The van der Waals surface area contributed by atoms with Crippen molar-refractivity contribution in [1.29, 1.82) is 0 Å². The molecule has 3 aromatic carbocycles. The second-order valence-electron chi connectivity index (χ2n) is 18.4. The molecule has 2 aliphatic heterocycles. The Morgan fingerprint density at radius 2 is 1.55 bits per heavy atom. The van der Waals surface area contributed by atoms with E-state index in [2.05, 4.69) is 5.32 Å². The number of fused-ring (bicyclic) bond motifs is 4. The summed E-state index contributed by atoms with van der Waals surface area (Å²) in [7, 11) is 0. The number of Topliss-reactive ketones (excluding diaryl/α,β-unsaturated/α-hetero) is 1. The molecule has 66 heavy (non-hydrogen) atoms. The van der Waals surface area contributed by atoms with Gasteiger partial charge in [-0.1, -0.05) is 74.5 Å². The van der Waals surface area contributed by atoms with Gasteiger partial charge in [0, 0.05) is 30.7 Å². The zero-order chi connectivity index (χ0) is 47.3. The second kappa shape index (κ2) is 17.5. The minimum atomic E-state index is -2.42. The van der Waals surface area contributed by atoms with Crippen molar-refractivity contribution in [1.82, 2.24) is 5.32 Å². The van der Waals surface area contributed by atoms with Crippen LogP contribution in [0.1, 0.15) is 86.2 Å². The lowest BCUT2D eigenvalue weighted by atomic mass is 9.44. The van der Waals surface area contributed by atoms with Gasteiger partial charge in [0.2, 0.25) is 0 Å². The molecule has 2 saturated carbocycles. The number of rotatable bonds is 5. The van der Waals surface area contributed by atoms with Gasteiger partial charge in [-0.05, 0) is 67.0 Å². The van der Waals surface area contributed by atoms with Gasteiger partial charge < -0.3 is 49.1 Å². The van der Waals surface area contributed by atoms with Gasteiger partial charge in [0.1, 0.15) is 36.3 Å². The summed E-state index contributed by atoms with van der Waals surface area (Å²) in [5.41, 5.74) is -7.35. The molecule has 5 aliphatic rings. The zero-order valence-corrected chi connectivity index (χ0v) is 37.1. The van der Waals surface area contributed by atoms with Crippen LogP contribution in [-0.4, -0.2) is 112 Å². The highest BCUT2D eigenvalue weighted by Gasteiger charge is 2.78. The lowest BCUT2D eigenvalue weighted by Gasteiger charge is -2.67. The number of aliphatic hydroxyl groups is 3. The summed E-state index contributed by atoms with van der Waals surface area (Å²) in [6, 6.07) is 20.9. The predicted octanol–water partition coefficient (Wildman–Crippen LogP) is 4.05. The lowest BCUT2D eigenvalue weighted by molar-refractivity contribution is -0.346. The van der Waals surface area contributed by atoms with Crippen LogP contribution < -0.4 is 10.1 Å². The molecule has 6 bridgehead atoms. The molecule has 1 spiro atoms. The monoisotopic (exact) mass is 907 g/mol. The van der Waals surface area contributed by atoms with Gasteiger partial charge in [-0.25, -0.2) is 9.59 Å². The van der Waals surface area contributed by atoms with Crippen LogP contribution in [0, 0.1) is 16.7 Å². The van der Waals surface area contributed by atoms with Gasteiger partial charge in [0.15, 0.2) is 23.6 Å². The molecule has 16 heteroatoms. The predicted molar refractivity (Wildman–Crippen MR) is 231 cm³/mol. The number of carbonyl (C=O) groups is 6. The number of carbonyl (C=O) groups excluding carboxylic acids is 6. The Hall–Kier alpha value is -6.20. The fourth-order valence-electron chi connectivity index (χ4n) is 10.7. The minimum absolute atomic E-state index is 0.0135. The highest BCUT2D eigenvalue weighted by Crippen LogP contribution is 2.64. The number of aliphatic hydroxyl groups excluding tert-OH is 2. The van der Waals surface area contributed by atoms with Gasteiger partial charge in [-0.15, -0.1) is 0 Å². The van der Waals surface area contributed by atoms with Gasteiger partial charge in [-0.2, -0.15) is 0 Å². The van der Waals surface area contributed by atoms with E-state index in [-0.39, 0.29) is 53.9 Å². The van der Waals surface area contributed by atoms with Crippen molar-refractivity contribution in [3.63, 3.8) is 0 Å². The number of esters is 4. The molecule has 3 aliphatic carbocycles. The van der Waals surface area contributed by atoms with Crippen LogP contribution >= 0.6 is 0 Å². The summed E-state index contributed by atoms with van der Waals surface area (Å²) in [6.07, 6.45) is -8.02. The molecule has 8 rings (SSSR count). The summed E-state index contributed by atoms with van der Waals surface area (Å²) >= 11 is 0. The fraction of sp³-hybridized carbons (Fsp3) is 0.440. The maximum absolute atomic E-state index is 15.7. The molecule has 3 fully saturated rings. The smallest absolute Gasteiger partial charge is 0.338 e. The van der Waals surface area contributed by atoms with Crippen LogP contribution in [0.5, 0.6) is 5.75 Å². The standard InChI is InChI=1S/C50H53NO15/c1-27-33-25-50(60)43(65-45(58)30-17-10-7-11-18-30)41-48(5,42(56)40(63-28(2)52)37(27)47(50,3)4)34(53)24-35-49(41,26-62-35)66-36(54)21-12-13-22-61-32-20-14-19-31(23-32)38(39(55)46(59)64-33)51-44(57)29-15-8-6-9-16-29/h6-20,23,33-35,38-41,43,53,55,60H,21-22,24-26H2,1-5H3,(H,51,57). The summed E-state index contributed by atoms with van der Waals surface area (Å²) in [5.74, 6) is -6.67. The van der Waals surface area contributed by atoms with E-state index in [1.807, 2.05) is 0 Å². The quantitative estimate of drug-likeness (QED) is 0.161. The minimum Gasteiger partial charge on any atom is -0.490 e. The van der Waals surface area contributed by atoms with Gasteiger partial charge in [0.05, 0.1) is 42.1 Å². The van der Waals surface area contributed by atoms with Crippen LogP contribution in [0.3, 0.4) is 0 Å². The largest absolute Gasteiger partial charge is 0.490 e. The number of hydrogen-bond acceptors (Lipinski definition) is 15. The number of amides is 1. The van der Waals surface area contributed by atoms with Crippen molar-refractivity contribution >= 4 is 35.6 Å². The molecular weight excluding hydrogens is 855 g/mol. The summed E-state index contributed by atoms with van der Waals surface area (Å²) in [5, 5.41) is 40.8. The molecule has 3 aromatic rings. The number of benzene rings is 3. The Balaban J connectivity index is 1.34. The van der Waals surface area contributed by atoms with Crippen molar-refractivity contribution in [3.05, 3.63) is 125 Å². The molecule has 4 N–H and O–H groups in total. The third kappa shape index (κ3) is 7.78. The van der Waals surface area contributed by atoms with Crippen LogP contribution in [0.4, 0.5) is 0 Å². The Kier molecular flexibility index (Phi) is 12.3. The Labute approximate surface area is 380 Å². The van der Waals surface area contributed by atoms with Gasteiger partial charge in [-0.3, -0.25) is 19.2 Å². The Bertz CT molecular complexity index is 2490.